The largest absolute Gasteiger partial charge is 0.301 e. The van der Waals surface area contributed by atoms with Crippen LogP contribution in [0.1, 0.15) is 30.7 Å². The van der Waals surface area contributed by atoms with E-state index in [0.29, 0.717) is 0 Å². The van der Waals surface area contributed by atoms with Crippen LogP contribution in [0.3, 0.4) is 0 Å². The summed E-state index contributed by atoms with van der Waals surface area (Å²) >= 11 is 3.57. The van der Waals surface area contributed by atoms with Gasteiger partial charge in [0.05, 0.1) is 16.7 Å². The van der Waals surface area contributed by atoms with E-state index in [1.54, 1.807) is 0 Å². The third-order valence-corrected chi connectivity index (χ3v) is 4.52. The molecule has 4 heteroatoms. The van der Waals surface area contributed by atoms with Gasteiger partial charge in [0.25, 0.3) is 0 Å². The van der Waals surface area contributed by atoms with E-state index in [-0.39, 0.29) is 0 Å². The third kappa shape index (κ3) is 2.66. The van der Waals surface area contributed by atoms with Gasteiger partial charge in [-0.25, -0.2) is 0 Å². The molecule has 90 valence electrons. The van der Waals surface area contributed by atoms with Crippen LogP contribution in [0.25, 0.3) is 0 Å². The summed E-state index contributed by atoms with van der Waals surface area (Å²) in [6.07, 6.45) is 4.13. The molecule has 0 radical (unpaired) electrons. The Bertz CT molecular complexity index is 353. The van der Waals surface area contributed by atoms with Gasteiger partial charge in [-0.15, -0.1) is 0 Å². The maximum Gasteiger partial charge on any atom is 0.0738 e. The SMILES string of the molecule is Cc1nn(CCN2CCCCC2)c(C)c1Br. The molecular formula is C12H20BrN3. The summed E-state index contributed by atoms with van der Waals surface area (Å²) < 4.78 is 3.28. The Morgan fingerprint density at radius 2 is 1.81 bits per heavy atom. The number of aromatic nitrogens is 2. The molecule has 1 saturated heterocycles. The Balaban J connectivity index is 1.91. The Morgan fingerprint density at radius 3 is 2.38 bits per heavy atom. The van der Waals surface area contributed by atoms with Crippen LogP contribution in [0.4, 0.5) is 0 Å². The second kappa shape index (κ2) is 5.32. The Kier molecular flexibility index (Phi) is 4.03. The van der Waals surface area contributed by atoms with Crippen molar-refractivity contribution in [3.63, 3.8) is 0 Å². The second-order valence-electron chi connectivity index (χ2n) is 4.61. The van der Waals surface area contributed by atoms with Gasteiger partial charge >= 0.3 is 0 Å². The molecule has 0 saturated carbocycles. The second-order valence-corrected chi connectivity index (χ2v) is 5.40. The molecule has 1 fully saturated rings. The molecule has 0 aromatic carbocycles. The van der Waals surface area contributed by atoms with Crippen molar-refractivity contribution in [3.8, 4) is 0 Å². The lowest BCUT2D eigenvalue weighted by atomic mass is 10.1. The Morgan fingerprint density at radius 1 is 1.12 bits per heavy atom. The van der Waals surface area contributed by atoms with Gasteiger partial charge in [0, 0.05) is 12.2 Å². The quantitative estimate of drug-likeness (QED) is 0.852. The van der Waals surface area contributed by atoms with E-state index in [4.69, 9.17) is 0 Å². The molecule has 16 heavy (non-hydrogen) atoms. The van der Waals surface area contributed by atoms with Crippen LogP contribution in [0, 0.1) is 13.8 Å². The summed E-state index contributed by atoms with van der Waals surface area (Å²) in [5.74, 6) is 0. The Labute approximate surface area is 106 Å². The average Bonchev–Trinajstić information content (AvgIpc) is 2.56. The van der Waals surface area contributed by atoms with Crippen molar-refractivity contribution in [1.82, 2.24) is 14.7 Å². The van der Waals surface area contributed by atoms with Gasteiger partial charge in [-0.1, -0.05) is 6.42 Å². The summed E-state index contributed by atoms with van der Waals surface area (Å²) in [5.41, 5.74) is 2.34. The highest BCUT2D eigenvalue weighted by Crippen LogP contribution is 2.19. The normalized spacial score (nSPS) is 17.9. The molecule has 0 unspecified atom stereocenters. The highest BCUT2D eigenvalue weighted by molar-refractivity contribution is 9.10. The topological polar surface area (TPSA) is 21.1 Å². The predicted octanol–water partition coefficient (Wildman–Crippen LogP) is 2.75. The monoisotopic (exact) mass is 285 g/mol. The van der Waals surface area contributed by atoms with Crippen LogP contribution in [-0.4, -0.2) is 34.3 Å². The van der Waals surface area contributed by atoms with Gasteiger partial charge in [0.1, 0.15) is 0 Å². The van der Waals surface area contributed by atoms with Gasteiger partial charge in [0.2, 0.25) is 0 Å². The zero-order chi connectivity index (χ0) is 11.5. The van der Waals surface area contributed by atoms with E-state index in [9.17, 15) is 0 Å². The summed E-state index contributed by atoms with van der Waals surface area (Å²) in [7, 11) is 0. The van der Waals surface area contributed by atoms with Crippen LogP contribution < -0.4 is 0 Å². The number of piperidine rings is 1. The number of rotatable bonds is 3. The van der Waals surface area contributed by atoms with Crippen LogP contribution >= 0.6 is 15.9 Å². The standard InChI is InChI=1S/C12H20BrN3/c1-10-12(13)11(2)16(14-10)9-8-15-6-4-3-5-7-15/h3-9H2,1-2H3. The van der Waals surface area contributed by atoms with E-state index in [2.05, 4.69) is 44.5 Å². The van der Waals surface area contributed by atoms with Crippen molar-refractivity contribution in [2.45, 2.75) is 39.7 Å². The number of likely N-dealkylation sites (tertiary alicyclic amines) is 1. The molecule has 2 rings (SSSR count). The summed E-state index contributed by atoms with van der Waals surface area (Å²) in [4.78, 5) is 2.55. The number of nitrogens with zero attached hydrogens (tertiary/aromatic N) is 3. The zero-order valence-corrected chi connectivity index (χ0v) is 11.8. The molecule has 2 heterocycles. The molecule has 1 aromatic rings. The highest BCUT2D eigenvalue weighted by Gasteiger charge is 2.12. The number of aryl methyl sites for hydroxylation is 1. The van der Waals surface area contributed by atoms with Crippen molar-refractivity contribution in [2.24, 2.45) is 0 Å². The first-order chi connectivity index (χ1) is 7.68. The average molecular weight is 286 g/mol. The van der Waals surface area contributed by atoms with Gasteiger partial charge in [-0.2, -0.15) is 5.10 Å². The highest BCUT2D eigenvalue weighted by atomic mass is 79.9. The molecule has 0 bridgehead atoms. The molecule has 3 nitrogen and oxygen atoms in total. The number of halogens is 1. The maximum atomic E-state index is 4.54. The van der Waals surface area contributed by atoms with Crippen molar-refractivity contribution >= 4 is 15.9 Å². The lowest BCUT2D eigenvalue weighted by molar-refractivity contribution is 0.217. The van der Waals surface area contributed by atoms with Crippen molar-refractivity contribution in [1.29, 1.82) is 0 Å². The van der Waals surface area contributed by atoms with Crippen LogP contribution in [0.15, 0.2) is 4.47 Å². The molecule has 0 spiro atoms. The molecular weight excluding hydrogens is 266 g/mol. The van der Waals surface area contributed by atoms with Crippen LogP contribution in [0.2, 0.25) is 0 Å². The van der Waals surface area contributed by atoms with Crippen LogP contribution in [0.5, 0.6) is 0 Å². The lowest BCUT2D eigenvalue weighted by Crippen LogP contribution is -2.32. The van der Waals surface area contributed by atoms with E-state index in [1.807, 2.05) is 0 Å². The van der Waals surface area contributed by atoms with Gasteiger partial charge in [0.15, 0.2) is 0 Å². The van der Waals surface area contributed by atoms with Crippen molar-refractivity contribution in [3.05, 3.63) is 15.9 Å². The summed E-state index contributed by atoms with van der Waals surface area (Å²) in [6, 6.07) is 0. The molecule has 1 aromatic heterocycles. The van der Waals surface area contributed by atoms with Crippen LogP contribution in [-0.2, 0) is 6.54 Å². The molecule has 1 aliphatic heterocycles. The molecule has 0 N–H and O–H groups in total. The maximum absolute atomic E-state index is 4.54. The first kappa shape index (κ1) is 12.1. The summed E-state index contributed by atoms with van der Waals surface area (Å²) in [6.45, 7) is 8.85. The van der Waals surface area contributed by atoms with E-state index in [1.165, 1.54) is 38.0 Å². The molecule has 0 atom stereocenters. The smallest absolute Gasteiger partial charge is 0.0738 e. The fraction of sp³-hybridized carbons (Fsp3) is 0.750. The third-order valence-electron chi connectivity index (χ3n) is 3.37. The van der Waals surface area contributed by atoms with Gasteiger partial charge < -0.3 is 4.90 Å². The van der Waals surface area contributed by atoms with E-state index < -0.39 is 0 Å². The first-order valence-electron chi connectivity index (χ1n) is 6.10. The van der Waals surface area contributed by atoms with Gasteiger partial charge in [-0.3, -0.25) is 4.68 Å². The number of hydrogen-bond acceptors (Lipinski definition) is 2. The zero-order valence-electron chi connectivity index (χ0n) is 10.2. The Hall–Kier alpha value is -0.350. The minimum Gasteiger partial charge on any atom is -0.301 e. The van der Waals surface area contributed by atoms with E-state index in [0.717, 1.165) is 23.3 Å². The minimum atomic E-state index is 1.01. The van der Waals surface area contributed by atoms with Crippen molar-refractivity contribution < 1.29 is 0 Å². The van der Waals surface area contributed by atoms with E-state index >= 15 is 0 Å². The van der Waals surface area contributed by atoms with Gasteiger partial charge in [-0.05, 0) is 55.7 Å². The summed E-state index contributed by atoms with van der Waals surface area (Å²) in [5, 5.41) is 4.54. The minimum absolute atomic E-state index is 1.01. The fourth-order valence-electron chi connectivity index (χ4n) is 2.31. The number of hydrogen-bond donors (Lipinski definition) is 0. The predicted molar refractivity (Wildman–Crippen MR) is 69.7 cm³/mol. The fourth-order valence-corrected chi connectivity index (χ4v) is 2.60. The first-order valence-corrected chi connectivity index (χ1v) is 6.89. The molecule has 0 amide bonds. The molecule has 0 aliphatic carbocycles. The van der Waals surface area contributed by atoms with Crippen molar-refractivity contribution in [2.75, 3.05) is 19.6 Å². The lowest BCUT2D eigenvalue weighted by Gasteiger charge is -2.26. The molecule has 1 aliphatic rings.